The van der Waals surface area contributed by atoms with Crippen LogP contribution in [0.15, 0.2) is 24.3 Å². The predicted octanol–water partition coefficient (Wildman–Crippen LogP) is 1.63. The molecule has 0 bridgehead atoms. The zero-order valence-corrected chi connectivity index (χ0v) is 12.2. The van der Waals surface area contributed by atoms with Crippen LogP contribution in [-0.2, 0) is 22.5 Å². The number of hydrogen-bond donors (Lipinski definition) is 2. The molecule has 1 saturated heterocycles. The van der Waals surface area contributed by atoms with E-state index in [0.717, 1.165) is 39.0 Å². The van der Waals surface area contributed by atoms with Crippen molar-refractivity contribution in [1.29, 1.82) is 0 Å². The van der Waals surface area contributed by atoms with Crippen molar-refractivity contribution in [2.45, 2.75) is 38.8 Å². The minimum atomic E-state index is 0.0714. The third kappa shape index (κ3) is 4.94. The van der Waals surface area contributed by atoms with Gasteiger partial charge in [-0.2, -0.15) is 0 Å². The maximum absolute atomic E-state index is 11.8. The van der Waals surface area contributed by atoms with Crippen LogP contribution in [0.2, 0.25) is 0 Å². The van der Waals surface area contributed by atoms with E-state index in [4.69, 9.17) is 4.74 Å². The Balaban J connectivity index is 1.65. The molecule has 4 nitrogen and oxygen atoms in total. The van der Waals surface area contributed by atoms with Crippen LogP contribution < -0.4 is 10.6 Å². The maximum Gasteiger partial charge on any atom is 0.234 e. The summed E-state index contributed by atoms with van der Waals surface area (Å²) in [4.78, 5) is 11.8. The van der Waals surface area contributed by atoms with Crippen molar-refractivity contribution in [3.8, 4) is 0 Å². The number of amides is 1. The SMILES string of the molecule is CCc1ccc(CNCC(=O)NC2CCOCC2)cc1. The molecule has 0 unspecified atom stereocenters. The van der Waals surface area contributed by atoms with Gasteiger partial charge in [-0.25, -0.2) is 0 Å². The van der Waals surface area contributed by atoms with Gasteiger partial charge in [-0.3, -0.25) is 4.79 Å². The summed E-state index contributed by atoms with van der Waals surface area (Å²) >= 11 is 0. The molecule has 1 aromatic rings. The van der Waals surface area contributed by atoms with Gasteiger partial charge in [-0.15, -0.1) is 0 Å². The molecule has 1 aromatic carbocycles. The molecule has 0 radical (unpaired) electrons. The first-order valence-corrected chi connectivity index (χ1v) is 7.43. The summed E-state index contributed by atoms with van der Waals surface area (Å²) in [6, 6.07) is 8.78. The van der Waals surface area contributed by atoms with Crippen LogP contribution in [-0.4, -0.2) is 31.7 Å². The number of nitrogens with one attached hydrogen (secondary N) is 2. The Labute approximate surface area is 120 Å². The summed E-state index contributed by atoms with van der Waals surface area (Å²) in [6.45, 7) is 4.75. The fourth-order valence-electron chi connectivity index (χ4n) is 2.33. The fraction of sp³-hybridized carbons (Fsp3) is 0.562. The predicted molar refractivity (Wildman–Crippen MR) is 79.5 cm³/mol. The van der Waals surface area contributed by atoms with Crippen molar-refractivity contribution in [2.24, 2.45) is 0 Å². The lowest BCUT2D eigenvalue weighted by Gasteiger charge is -2.23. The highest BCUT2D eigenvalue weighted by Crippen LogP contribution is 2.06. The molecule has 0 aromatic heterocycles. The molecule has 1 aliphatic rings. The van der Waals surface area contributed by atoms with Gasteiger partial charge >= 0.3 is 0 Å². The van der Waals surface area contributed by atoms with E-state index in [9.17, 15) is 4.79 Å². The van der Waals surface area contributed by atoms with Crippen LogP contribution in [0.1, 0.15) is 30.9 Å². The van der Waals surface area contributed by atoms with Crippen molar-refractivity contribution in [2.75, 3.05) is 19.8 Å². The lowest BCUT2D eigenvalue weighted by Crippen LogP contribution is -2.42. The van der Waals surface area contributed by atoms with Crippen LogP contribution in [0.25, 0.3) is 0 Å². The Morgan fingerprint density at radius 1 is 1.20 bits per heavy atom. The molecule has 4 heteroatoms. The summed E-state index contributed by atoms with van der Waals surface area (Å²) in [5.41, 5.74) is 2.55. The summed E-state index contributed by atoms with van der Waals surface area (Å²) in [6.07, 6.45) is 2.90. The van der Waals surface area contributed by atoms with E-state index in [1.807, 2.05) is 0 Å². The number of carbonyl (C=O) groups excluding carboxylic acids is 1. The molecule has 1 amide bonds. The Kier molecular flexibility index (Phi) is 6.02. The van der Waals surface area contributed by atoms with Gasteiger partial charge in [0.2, 0.25) is 5.91 Å². The molecule has 0 aliphatic carbocycles. The standard InChI is InChI=1S/C16H24N2O2/c1-2-13-3-5-14(6-4-13)11-17-12-16(19)18-15-7-9-20-10-8-15/h3-6,15,17H,2,7-12H2,1H3,(H,18,19). The molecular weight excluding hydrogens is 252 g/mol. The zero-order valence-electron chi connectivity index (χ0n) is 12.2. The largest absolute Gasteiger partial charge is 0.381 e. The molecule has 0 spiro atoms. The molecular formula is C16H24N2O2. The molecule has 1 heterocycles. The lowest BCUT2D eigenvalue weighted by molar-refractivity contribution is -0.121. The van der Waals surface area contributed by atoms with E-state index in [0.29, 0.717) is 6.54 Å². The number of aryl methyl sites for hydroxylation is 1. The Hall–Kier alpha value is -1.39. The van der Waals surface area contributed by atoms with Crippen LogP contribution in [0.4, 0.5) is 0 Å². The van der Waals surface area contributed by atoms with Gasteiger partial charge in [0.05, 0.1) is 6.54 Å². The average molecular weight is 276 g/mol. The minimum absolute atomic E-state index is 0.0714. The Bertz CT molecular complexity index is 411. The van der Waals surface area contributed by atoms with Crippen molar-refractivity contribution < 1.29 is 9.53 Å². The van der Waals surface area contributed by atoms with Crippen molar-refractivity contribution in [3.63, 3.8) is 0 Å². The number of carbonyl (C=O) groups is 1. The monoisotopic (exact) mass is 276 g/mol. The van der Waals surface area contributed by atoms with Gasteiger partial charge < -0.3 is 15.4 Å². The first kappa shape index (κ1) is 15.0. The van der Waals surface area contributed by atoms with Crippen LogP contribution in [0, 0.1) is 0 Å². The molecule has 1 aliphatic heterocycles. The van der Waals surface area contributed by atoms with Gasteiger partial charge in [-0.05, 0) is 30.4 Å². The Morgan fingerprint density at radius 2 is 1.85 bits per heavy atom. The van der Waals surface area contributed by atoms with E-state index >= 15 is 0 Å². The molecule has 110 valence electrons. The van der Waals surface area contributed by atoms with Crippen LogP contribution in [0.3, 0.4) is 0 Å². The number of hydrogen-bond acceptors (Lipinski definition) is 3. The summed E-state index contributed by atoms with van der Waals surface area (Å²) in [5.74, 6) is 0.0714. The molecule has 0 atom stereocenters. The average Bonchev–Trinajstić information content (AvgIpc) is 2.49. The smallest absolute Gasteiger partial charge is 0.234 e. The Morgan fingerprint density at radius 3 is 2.50 bits per heavy atom. The van der Waals surface area contributed by atoms with Crippen molar-refractivity contribution >= 4 is 5.91 Å². The van der Waals surface area contributed by atoms with Gasteiger partial charge in [0.25, 0.3) is 0 Å². The van der Waals surface area contributed by atoms with Crippen molar-refractivity contribution in [3.05, 3.63) is 35.4 Å². The van der Waals surface area contributed by atoms with Crippen LogP contribution in [0.5, 0.6) is 0 Å². The van der Waals surface area contributed by atoms with Gasteiger partial charge in [0, 0.05) is 25.8 Å². The van der Waals surface area contributed by atoms with E-state index in [-0.39, 0.29) is 11.9 Å². The fourth-order valence-corrected chi connectivity index (χ4v) is 2.33. The van der Waals surface area contributed by atoms with E-state index in [1.165, 1.54) is 11.1 Å². The number of ether oxygens (including phenoxy) is 1. The third-order valence-electron chi connectivity index (χ3n) is 3.63. The second-order valence-electron chi connectivity index (χ2n) is 5.23. The van der Waals surface area contributed by atoms with Crippen molar-refractivity contribution in [1.82, 2.24) is 10.6 Å². The highest BCUT2D eigenvalue weighted by atomic mass is 16.5. The lowest BCUT2D eigenvalue weighted by atomic mass is 10.1. The molecule has 0 saturated carbocycles. The summed E-state index contributed by atoms with van der Waals surface area (Å²) in [7, 11) is 0. The molecule has 1 fully saturated rings. The third-order valence-corrected chi connectivity index (χ3v) is 3.63. The van der Waals surface area contributed by atoms with Gasteiger partial charge in [0.15, 0.2) is 0 Å². The topological polar surface area (TPSA) is 50.4 Å². The minimum Gasteiger partial charge on any atom is -0.381 e. The summed E-state index contributed by atoms with van der Waals surface area (Å²) < 4.78 is 5.27. The van der Waals surface area contributed by atoms with Crippen LogP contribution >= 0.6 is 0 Å². The zero-order chi connectivity index (χ0) is 14.2. The molecule has 2 N–H and O–H groups in total. The number of rotatable bonds is 6. The highest BCUT2D eigenvalue weighted by molar-refractivity contribution is 5.78. The van der Waals surface area contributed by atoms with E-state index in [2.05, 4.69) is 41.8 Å². The summed E-state index contributed by atoms with van der Waals surface area (Å²) in [5, 5.41) is 6.23. The normalized spacial score (nSPS) is 16.1. The van der Waals surface area contributed by atoms with E-state index in [1.54, 1.807) is 0 Å². The first-order valence-electron chi connectivity index (χ1n) is 7.43. The van der Waals surface area contributed by atoms with E-state index < -0.39 is 0 Å². The quantitative estimate of drug-likeness (QED) is 0.830. The van der Waals surface area contributed by atoms with Gasteiger partial charge in [0.1, 0.15) is 0 Å². The highest BCUT2D eigenvalue weighted by Gasteiger charge is 2.15. The number of benzene rings is 1. The first-order chi connectivity index (χ1) is 9.78. The molecule has 2 rings (SSSR count). The second-order valence-corrected chi connectivity index (χ2v) is 5.23. The maximum atomic E-state index is 11.8. The van der Waals surface area contributed by atoms with Gasteiger partial charge in [-0.1, -0.05) is 31.2 Å². The second kappa shape index (κ2) is 8.02. The molecule has 20 heavy (non-hydrogen) atoms.